The van der Waals surface area contributed by atoms with Crippen molar-refractivity contribution in [1.29, 1.82) is 0 Å². The van der Waals surface area contributed by atoms with Crippen molar-refractivity contribution >= 4 is 5.91 Å². The van der Waals surface area contributed by atoms with Crippen LogP contribution in [0.4, 0.5) is 4.39 Å². The van der Waals surface area contributed by atoms with Gasteiger partial charge in [-0.1, -0.05) is 12.1 Å². The van der Waals surface area contributed by atoms with E-state index in [0.717, 1.165) is 0 Å². The normalized spacial score (nSPS) is 13.7. The average molecular weight is 291 g/mol. The molecule has 0 radical (unpaired) electrons. The molecule has 2 aromatic rings. The quantitative estimate of drug-likeness (QED) is 0.888. The summed E-state index contributed by atoms with van der Waals surface area (Å²) in [5, 5.41) is 12.9. The molecule has 0 aliphatic carbocycles. The lowest BCUT2D eigenvalue weighted by Crippen LogP contribution is -2.39. The SMILES string of the molecule is Cc1ccc(C(C)(O)CNC(=O)Cc2ccc(F)cc2)o1. The molecule has 2 N–H and O–H groups in total. The summed E-state index contributed by atoms with van der Waals surface area (Å²) in [6.07, 6.45) is 0.132. The molecule has 112 valence electrons. The molecule has 0 spiro atoms. The molecular weight excluding hydrogens is 273 g/mol. The Balaban J connectivity index is 1.90. The third-order valence-corrected chi connectivity index (χ3v) is 3.18. The van der Waals surface area contributed by atoms with Crippen molar-refractivity contribution < 1.29 is 18.7 Å². The smallest absolute Gasteiger partial charge is 0.224 e. The number of carbonyl (C=O) groups is 1. The Morgan fingerprint density at radius 3 is 2.52 bits per heavy atom. The maximum absolute atomic E-state index is 12.8. The van der Waals surface area contributed by atoms with Crippen LogP contribution in [0.3, 0.4) is 0 Å². The fourth-order valence-electron chi connectivity index (χ4n) is 1.93. The number of aliphatic hydroxyl groups is 1. The van der Waals surface area contributed by atoms with Gasteiger partial charge in [-0.2, -0.15) is 0 Å². The van der Waals surface area contributed by atoms with E-state index in [-0.39, 0.29) is 24.7 Å². The molecule has 0 fully saturated rings. The van der Waals surface area contributed by atoms with Crippen molar-refractivity contribution in [1.82, 2.24) is 5.32 Å². The maximum Gasteiger partial charge on any atom is 0.224 e. The Labute approximate surface area is 122 Å². The van der Waals surface area contributed by atoms with Gasteiger partial charge in [0, 0.05) is 0 Å². The second kappa shape index (κ2) is 6.10. The van der Waals surface area contributed by atoms with Gasteiger partial charge >= 0.3 is 0 Å². The first-order valence-corrected chi connectivity index (χ1v) is 6.67. The van der Waals surface area contributed by atoms with E-state index < -0.39 is 5.60 Å². The monoisotopic (exact) mass is 291 g/mol. The summed E-state index contributed by atoms with van der Waals surface area (Å²) < 4.78 is 18.1. The highest BCUT2D eigenvalue weighted by Gasteiger charge is 2.27. The number of hydrogen-bond acceptors (Lipinski definition) is 3. The average Bonchev–Trinajstić information content (AvgIpc) is 2.87. The van der Waals surface area contributed by atoms with Crippen molar-refractivity contribution in [2.24, 2.45) is 0 Å². The molecule has 0 bridgehead atoms. The molecular formula is C16H18FNO3. The van der Waals surface area contributed by atoms with E-state index in [2.05, 4.69) is 5.32 Å². The minimum Gasteiger partial charge on any atom is -0.463 e. The van der Waals surface area contributed by atoms with Crippen LogP contribution >= 0.6 is 0 Å². The predicted molar refractivity (Wildman–Crippen MR) is 76.1 cm³/mol. The molecule has 0 saturated heterocycles. The zero-order chi connectivity index (χ0) is 15.5. The second-order valence-electron chi connectivity index (χ2n) is 5.26. The molecule has 1 aromatic heterocycles. The summed E-state index contributed by atoms with van der Waals surface area (Å²) in [5.41, 5.74) is -0.561. The zero-order valence-corrected chi connectivity index (χ0v) is 12.0. The lowest BCUT2D eigenvalue weighted by molar-refractivity contribution is -0.121. The zero-order valence-electron chi connectivity index (χ0n) is 12.0. The van der Waals surface area contributed by atoms with E-state index in [9.17, 15) is 14.3 Å². The van der Waals surface area contributed by atoms with Crippen molar-refractivity contribution in [2.45, 2.75) is 25.9 Å². The van der Waals surface area contributed by atoms with Gasteiger partial charge in [-0.3, -0.25) is 4.79 Å². The van der Waals surface area contributed by atoms with E-state index in [0.29, 0.717) is 17.1 Å². The Bertz CT molecular complexity index is 617. The Kier molecular flexibility index (Phi) is 4.43. The van der Waals surface area contributed by atoms with Crippen molar-refractivity contribution in [3.63, 3.8) is 0 Å². The summed E-state index contributed by atoms with van der Waals surface area (Å²) in [7, 11) is 0. The molecule has 4 nitrogen and oxygen atoms in total. The molecule has 1 atom stereocenters. The van der Waals surface area contributed by atoms with Gasteiger partial charge in [-0.15, -0.1) is 0 Å². The number of furan rings is 1. The first-order chi connectivity index (χ1) is 9.87. The summed E-state index contributed by atoms with van der Waals surface area (Å²) in [4.78, 5) is 11.8. The highest BCUT2D eigenvalue weighted by molar-refractivity contribution is 5.78. The van der Waals surface area contributed by atoms with Gasteiger partial charge in [0.2, 0.25) is 5.91 Å². The van der Waals surface area contributed by atoms with Crippen LogP contribution in [-0.4, -0.2) is 17.6 Å². The fraction of sp³-hybridized carbons (Fsp3) is 0.312. The molecule has 0 saturated carbocycles. The first-order valence-electron chi connectivity index (χ1n) is 6.67. The molecule has 0 aliphatic rings. The lowest BCUT2D eigenvalue weighted by atomic mass is 10.0. The Morgan fingerprint density at radius 1 is 1.29 bits per heavy atom. The van der Waals surface area contributed by atoms with E-state index in [1.165, 1.54) is 12.1 Å². The van der Waals surface area contributed by atoms with Gasteiger partial charge in [0.25, 0.3) is 0 Å². The van der Waals surface area contributed by atoms with Gasteiger partial charge < -0.3 is 14.8 Å². The highest BCUT2D eigenvalue weighted by atomic mass is 19.1. The van der Waals surface area contributed by atoms with Crippen molar-refractivity contribution in [2.75, 3.05) is 6.54 Å². The van der Waals surface area contributed by atoms with Crippen LogP contribution < -0.4 is 5.32 Å². The number of rotatable bonds is 5. The van der Waals surface area contributed by atoms with E-state index in [1.807, 2.05) is 0 Å². The first kappa shape index (κ1) is 15.3. The number of aryl methyl sites for hydroxylation is 1. The lowest BCUT2D eigenvalue weighted by Gasteiger charge is -2.21. The molecule has 1 heterocycles. The number of hydrogen-bond donors (Lipinski definition) is 2. The Morgan fingerprint density at radius 2 is 1.95 bits per heavy atom. The molecule has 1 unspecified atom stereocenters. The second-order valence-corrected chi connectivity index (χ2v) is 5.26. The summed E-state index contributed by atoms with van der Waals surface area (Å²) in [5.74, 6) is 0.519. The standard InChI is InChI=1S/C16H18FNO3/c1-11-3-8-14(21-11)16(2,20)10-18-15(19)9-12-4-6-13(17)7-5-12/h3-8,20H,9-10H2,1-2H3,(H,18,19). The van der Waals surface area contributed by atoms with Crippen LogP contribution in [0.5, 0.6) is 0 Å². The van der Waals surface area contributed by atoms with Crippen LogP contribution in [0.1, 0.15) is 24.0 Å². The number of amides is 1. The molecule has 21 heavy (non-hydrogen) atoms. The van der Waals surface area contributed by atoms with Crippen LogP contribution in [0.15, 0.2) is 40.8 Å². The van der Waals surface area contributed by atoms with Crippen LogP contribution in [0, 0.1) is 12.7 Å². The summed E-state index contributed by atoms with van der Waals surface area (Å²) in [6, 6.07) is 9.17. The minimum absolute atomic E-state index is 0.0416. The number of carbonyl (C=O) groups excluding carboxylic acids is 1. The third kappa shape index (κ3) is 4.16. The fourth-order valence-corrected chi connectivity index (χ4v) is 1.93. The van der Waals surface area contributed by atoms with Gasteiger partial charge in [0.05, 0.1) is 13.0 Å². The van der Waals surface area contributed by atoms with E-state index in [1.54, 1.807) is 38.1 Å². The number of nitrogens with one attached hydrogen (secondary N) is 1. The molecule has 0 aliphatic heterocycles. The van der Waals surface area contributed by atoms with Crippen molar-refractivity contribution in [3.05, 3.63) is 59.3 Å². The highest BCUT2D eigenvalue weighted by Crippen LogP contribution is 2.21. The molecule has 1 aromatic carbocycles. The third-order valence-electron chi connectivity index (χ3n) is 3.18. The summed E-state index contributed by atoms with van der Waals surface area (Å²) >= 11 is 0. The van der Waals surface area contributed by atoms with E-state index >= 15 is 0 Å². The van der Waals surface area contributed by atoms with Crippen molar-refractivity contribution in [3.8, 4) is 0 Å². The Hall–Kier alpha value is -2.14. The summed E-state index contributed by atoms with van der Waals surface area (Å²) in [6.45, 7) is 3.40. The van der Waals surface area contributed by atoms with Gasteiger partial charge in [0.15, 0.2) is 0 Å². The number of benzene rings is 1. The topological polar surface area (TPSA) is 62.5 Å². The molecule has 1 amide bonds. The number of halogens is 1. The van der Waals surface area contributed by atoms with Crippen LogP contribution in [0.2, 0.25) is 0 Å². The van der Waals surface area contributed by atoms with Gasteiger partial charge in [-0.25, -0.2) is 4.39 Å². The van der Waals surface area contributed by atoms with E-state index in [4.69, 9.17) is 4.42 Å². The van der Waals surface area contributed by atoms with Gasteiger partial charge in [-0.05, 0) is 43.7 Å². The van der Waals surface area contributed by atoms with Crippen LogP contribution in [-0.2, 0) is 16.8 Å². The van der Waals surface area contributed by atoms with Gasteiger partial charge in [0.1, 0.15) is 22.9 Å². The minimum atomic E-state index is -1.27. The predicted octanol–water partition coefficient (Wildman–Crippen LogP) is 2.29. The maximum atomic E-state index is 12.8. The largest absolute Gasteiger partial charge is 0.463 e. The van der Waals surface area contributed by atoms with Crippen LogP contribution in [0.25, 0.3) is 0 Å². The molecule has 5 heteroatoms. The molecule has 2 rings (SSSR count).